The van der Waals surface area contributed by atoms with Crippen LogP contribution in [0.4, 0.5) is 0 Å². The highest BCUT2D eigenvalue weighted by molar-refractivity contribution is 7.99. The molecule has 0 aliphatic rings. The maximum atomic E-state index is 5.43. The lowest BCUT2D eigenvalue weighted by atomic mass is 10.2. The van der Waals surface area contributed by atoms with Gasteiger partial charge in [-0.05, 0) is 13.0 Å². The largest absolute Gasteiger partial charge is 0.330 e. The molecular weight excluding hydrogens is 196 g/mol. The van der Waals surface area contributed by atoms with Crippen LogP contribution in [0, 0.1) is 0 Å². The molecule has 0 bridgehead atoms. The number of aromatic nitrogens is 3. The fourth-order valence-electron chi connectivity index (χ4n) is 1.20. The second-order valence-corrected chi connectivity index (χ2v) is 4.61. The average Bonchev–Trinajstić information content (AvgIpc) is 2.48. The molecule has 0 spiro atoms. The summed E-state index contributed by atoms with van der Waals surface area (Å²) in [5.41, 5.74) is 5.43. The van der Waals surface area contributed by atoms with Crippen molar-refractivity contribution in [2.75, 3.05) is 12.3 Å². The summed E-state index contributed by atoms with van der Waals surface area (Å²) in [6.07, 6.45) is 1.02. The zero-order valence-electron chi connectivity index (χ0n) is 9.03. The molecule has 1 rings (SSSR count). The highest BCUT2D eigenvalue weighted by Crippen LogP contribution is 2.19. The van der Waals surface area contributed by atoms with E-state index in [0.29, 0.717) is 5.92 Å². The molecule has 1 aromatic rings. The molecule has 1 heterocycles. The molecule has 0 fully saturated rings. The van der Waals surface area contributed by atoms with E-state index in [9.17, 15) is 0 Å². The minimum atomic E-state index is 0.427. The second-order valence-electron chi connectivity index (χ2n) is 3.55. The maximum Gasteiger partial charge on any atom is 0.190 e. The van der Waals surface area contributed by atoms with Crippen molar-refractivity contribution < 1.29 is 0 Å². The van der Waals surface area contributed by atoms with E-state index in [4.69, 9.17) is 5.73 Å². The van der Waals surface area contributed by atoms with Crippen molar-refractivity contribution in [3.63, 3.8) is 0 Å². The third-order valence-electron chi connectivity index (χ3n) is 1.96. The minimum Gasteiger partial charge on any atom is -0.330 e. The number of thioether (sulfide) groups is 1. The van der Waals surface area contributed by atoms with E-state index in [0.717, 1.165) is 29.7 Å². The van der Waals surface area contributed by atoms with Crippen LogP contribution in [0.15, 0.2) is 5.16 Å². The van der Waals surface area contributed by atoms with Crippen LogP contribution in [0.25, 0.3) is 0 Å². The molecule has 14 heavy (non-hydrogen) atoms. The molecule has 0 saturated carbocycles. The van der Waals surface area contributed by atoms with E-state index in [-0.39, 0.29) is 0 Å². The van der Waals surface area contributed by atoms with Crippen LogP contribution >= 0.6 is 11.8 Å². The summed E-state index contributed by atoms with van der Waals surface area (Å²) in [4.78, 5) is 0. The molecule has 4 nitrogen and oxygen atoms in total. The Labute approximate surface area is 89.3 Å². The molecule has 0 aromatic carbocycles. The third kappa shape index (κ3) is 2.72. The summed E-state index contributed by atoms with van der Waals surface area (Å²) >= 11 is 1.72. The Morgan fingerprint density at radius 2 is 2.14 bits per heavy atom. The van der Waals surface area contributed by atoms with E-state index in [2.05, 4.69) is 28.6 Å². The normalized spacial score (nSPS) is 11.2. The van der Waals surface area contributed by atoms with Crippen molar-refractivity contribution in [2.45, 2.75) is 31.3 Å². The van der Waals surface area contributed by atoms with Gasteiger partial charge in [-0.1, -0.05) is 25.6 Å². The Bertz CT molecular complexity index is 282. The molecule has 0 unspecified atom stereocenters. The molecule has 2 N–H and O–H groups in total. The molecule has 0 atom stereocenters. The van der Waals surface area contributed by atoms with E-state index in [1.54, 1.807) is 11.8 Å². The van der Waals surface area contributed by atoms with Gasteiger partial charge < -0.3 is 10.3 Å². The van der Waals surface area contributed by atoms with E-state index in [1.807, 2.05) is 7.05 Å². The van der Waals surface area contributed by atoms with Crippen molar-refractivity contribution in [1.82, 2.24) is 14.8 Å². The van der Waals surface area contributed by atoms with Crippen LogP contribution in [0.2, 0.25) is 0 Å². The van der Waals surface area contributed by atoms with E-state index in [1.165, 1.54) is 0 Å². The Balaban J connectivity index is 2.60. The van der Waals surface area contributed by atoms with Crippen molar-refractivity contribution in [1.29, 1.82) is 0 Å². The smallest absolute Gasteiger partial charge is 0.190 e. The summed E-state index contributed by atoms with van der Waals surface area (Å²) in [5, 5.41) is 9.29. The van der Waals surface area contributed by atoms with Gasteiger partial charge in [0.25, 0.3) is 0 Å². The van der Waals surface area contributed by atoms with E-state index >= 15 is 0 Å². The molecule has 5 heteroatoms. The van der Waals surface area contributed by atoms with Crippen LogP contribution in [0.1, 0.15) is 32.0 Å². The average molecular weight is 214 g/mol. The standard InChI is InChI=1S/C9H18N4S/c1-7(2)8-11-12-9(13(8)3)14-6-4-5-10/h7H,4-6,10H2,1-3H3. The van der Waals surface area contributed by atoms with Gasteiger partial charge in [-0.2, -0.15) is 0 Å². The van der Waals surface area contributed by atoms with Gasteiger partial charge in [0.05, 0.1) is 0 Å². The predicted octanol–water partition coefficient (Wildman–Crippen LogP) is 1.38. The van der Waals surface area contributed by atoms with Crippen LogP contribution in [-0.4, -0.2) is 27.1 Å². The fraction of sp³-hybridized carbons (Fsp3) is 0.778. The first-order valence-corrected chi connectivity index (χ1v) is 5.87. The fourth-order valence-corrected chi connectivity index (χ4v) is 2.08. The first-order valence-electron chi connectivity index (χ1n) is 4.89. The van der Waals surface area contributed by atoms with E-state index < -0.39 is 0 Å². The van der Waals surface area contributed by atoms with Gasteiger partial charge in [0.2, 0.25) is 0 Å². The SMILES string of the molecule is CC(C)c1nnc(SCCCN)n1C. The first kappa shape index (κ1) is 11.5. The highest BCUT2D eigenvalue weighted by Gasteiger charge is 2.11. The molecule has 0 saturated heterocycles. The van der Waals surface area contributed by atoms with Crippen molar-refractivity contribution in [2.24, 2.45) is 12.8 Å². The Kier molecular flexibility index (Phi) is 4.41. The van der Waals surface area contributed by atoms with Crippen molar-refractivity contribution >= 4 is 11.8 Å². The topological polar surface area (TPSA) is 56.7 Å². The first-order chi connectivity index (χ1) is 6.66. The van der Waals surface area contributed by atoms with Gasteiger partial charge in [-0.3, -0.25) is 0 Å². The van der Waals surface area contributed by atoms with Crippen molar-refractivity contribution in [3.8, 4) is 0 Å². The highest BCUT2D eigenvalue weighted by atomic mass is 32.2. The molecule has 0 aliphatic carbocycles. The van der Waals surface area contributed by atoms with Gasteiger partial charge in [0, 0.05) is 18.7 Å². The van der Waals surface area contributed by atoms with Crippen LogP contribution in [-0.2, 0) is 7.05 Å². The number of nitrogens with zero attached hydrogens (tertiary/aromatic N) is 3. The summed E-state index contributed by atoms with van der Waals surface area (Å²) < 4.78 is 2.06. The third-order valence-corrected chi connectivity index (χ3v) is 3.07. The van der Waals surface area contributed by atoms with Gasteiger partial charge in [-0.25, -0.2) is 0 Å². The maximum absolute atomic E-state index is 5.43. The molecule has 80 valence electrons. The molecular formula is C9H18N4S. The molecule has 0 amide bonds. The number of hydrogen-bond acceptors (Lipinski definition) is 4. The Morgan fingerprint density at radius 3 is 2.64 bits per heavy atom. The van der Waals surface area contributed by atoms with Gasteiger partial charge in [0.1, 0.15) is 5.82 Å². The molecule has 0 aliphatic heterocycles. The zero-order valence-corrected chi connectivity index (χ0v) is 9.84. The summed E-state index contributed by atoms with van der Waals surface area (Å²) in [5.74, 6) is 2.48. The quantitative estimate of drug-likeness (QED) is 0.594. The summed E-state index contributed by atoms with van der Waals surface area (Å²) in [6, 6.07) is 0. The summed E-state index contributed by atoms with van der Waals surface area (Å²) in [7, 11) is 2.01. The van der Waals surface area contributed by atoms with Crippen LogP contribution in [0.5, 0.6) is 0 Å². The van der Waals surface area contributed by atoms with Gasteiger partial charge in [0.15, 0.2) is 5.16 Å². The monoisotopic (exact) mass is 214 g/mol. The van der Waals surface area contributed by atoms with Gasteiger partial charge in [-0.15, -0.1) is 10.2 Å². The second kappa shape index (κ2) is 5.36. The summed E-state index contributed by atoms with van der Waals surface area (Å²) in [6.45, 7) is 4.98. The van der Waals surface area contributed by atoms with Crippen LogP contribution in [0.3, 0.4) is 0 Å². The molecule has 1 aromatic heterocycles. The number of nitrogens with two attached hydrogens (primary N) is 1. The lowest BCUT2D eigenvalue weighted by Gasteiger charge is -2.05. The lowest BCUT2D eigenvalue weighted by molar-refractivity contribution is 0.679. The minimum absolute atomic E-state index is 0.427. The van der Waals surface area contributed by atoms with Crippen molar-refractivity contribution in [3.05, 3.63) is 5.82 Å². The zero-order chi connectivity index (χ0) is 10.6. The lowest BCUT2D eigenvalue weighted by Crippen LogP contribution is -2.02. The Hall–Kier alpha value is -0.550. The predicted molar refractivity (Wildman–Crippen MR) is 59.5 cm³/mol. The van der Waals surface area contributed by atoms with Crippen LogP contribution < -0.4 is 5.73 Å². The number of rotatable bonds is 5. The molecule has 0 radical (unpaired) electrons. The number of hydrogen-bond donors (Lipinski definition) is 1. The van der Waals surface area contributed by atoms with Gasteiger partial charge >= 0.3 is 0 Å². The Morgan fingerprint density at radius 1 is 1.43 bits per heavy atom.